The fraction of sp³-hybridized carbons (Fsp3) is 0.0625. The van der Waals surface area contributed by atoms with Gasteiger partial charge in [0.05, 0.1) is 11.6 Å². The van der Waals surface area contributed by atoms with Crippen molar-refractivity contribution in [2.75, 3.05) is 4.90 Å². The molecule has 1 heterocycles. The lowest BCUT2D eigenvalue weighted by atomic mass is 9.68. The predicted octanol–water partition coefficient (Wildman–Crippen LogP) is 13.2. The first-order valence-electron chi connectivity index (χ1n) is 17.4. The molecule has 3 nitrogen and oxygen atoms in total. The Hall–Kier alpha value is -6.63. The van der Waals surface area contributed by atoms with Crippen LogP contribution in [0.5, 0.6) is 0 Å². The first-order valence-corrected chi connectivity index (χ1v) is 17.4. The van der Waals surface area contributed by atoms with Gasteiger partial charge in [0, 0.05) is 39.3 Å². The topological polar surface area (TPSA) is 40.2 Å². The number of furan rings is 1. The van der Waals surface area contributed by atoms with Crippen LogP contribution < -0.4 is 4.90 Å². The summed E-state index contributed by atoms with van der Waals surface area (Å²) in [6.07, 6.45) is 0. The quantitative estimate of drug-likeness (QED) is 0.190. The average molecular weight is 653 g/mol. The van der Waals surface area contributed by atoms with Gasteiger partial charge in [0.2, 0.25) is 0 Å². The van der Waals surface area contributed by atoms with Crippen LogP contribution in [-0.2, 0) is 5.41 Å². The van der Waals surface area contributed by atoms with Crippen molar-refractivity contribution in [1.29, 1.82) is 5.26 Å². The second-order valence-electron chi connectivity index (χ2n) is 14.1. The molecular weight excluding hydrogens is 621 g/mol. The fourth-order valence-corrected chi connectivity index (χ4v) is 8.32. The van der Waals surface area contributed by atoms with Crippen LogP contribution in [0, 0.1) is 11.3 Å². The van der Waals surface area contributed by atoms with Crippen molar-refractivity contribution < 1.29 is 4.42 Å². The van der Waals surface area contributed by atoms with Gasteiger partial charge in [0.1, 0.15) is 11.2 Å². The minimum atomic E-state index is -0.132. The monoisotopic (exact) mass is 652 g/mol. The lowest BCUT2D eigenvalue weighted by molar-refractivity contribution is 0.645. The molecule has 9 aromatic rings. The molecule has 51 heavy (non-hydrogen) atoms. The Labute approximate surface area is 296 Å². The molecule has 1 aliphatic rings. The van der Waals surface area contributed by atoms with Crippen molar-refractivity contribution in [2.24, 2.45) is 0 Å². The summed E-state index contributed by atoms with van der Waals surface area (Å²) in [5.74, 6) is 0. The van der Waals surface area contributed by atoms with Gasteiger partial charge in [-0.2, -0.15) is 5.26 Å². The SMILES string of the molecule is CC1(C)c2cc(-c3ccc(N(c4ccc(C#N)cc4)c4ccc5c(c4)oc4ccc6ccccc6c45)cc3)ccc2-c2cccc3cccc1c23. The number of benzene rings is 8. The van der Waals surface area contributed by atoms with Gasteiger partial charge in [0.15, 0.2) is 0 Å². The highest BCUT2D eigenvalue weighted by molar-refractivity contribution is 6.19. The zero-order valence-corrected chi connectivity index (χ0v) is 28.3. The molecule has 0 atom stereocenters. The van der Waals surface area contributed by atoms with E-state index < -0.39 is 0 Å². The van der Waals surface area contributed by atoms with Crippen LogP contribution in [0.4, 0.5) is 17.1 Å². The molecule has 0 bridgehead atoms. The summed E-state index contributed by atoms with van der Waals surface area (Å²) in [7, 11) is 0. The summed E-state index contributed by atoms with van der Waals surface area (Å²) in [5.41, 5.74) is 12.9. The third-order valence-electron chi connectivity index (χ3n) is 10.9. The van der Waals surface area contributed by atoms with E-state index in [-0.39, 0.29) is 5.41 Å². The van der Waals surface area contributed by atoms with E-state index in [1.54, 1.807) is 0 Å². The van der Waals surface area contributed by atoms with Crippen LogP contribution >= 0.6 is 0 Å². The van der Waals surface area contributed by atoms with E-state index >= 15 is 0 Å². The Morgan fingerprint density at radius 1 is 0.510 bits per heavy atom. The molecule has 10 rings (SSSR count). The van der Waals surface area contributed by atoms with E-state index in [2.05, 4.69) is 158 Å². The lowest BCUT2D eigenvalue weighted by Crippen LogP contribution is -2.23. The van der Waals surface area contributed by atoms with Gasteiger partial charge in [-0.15, -0.1) is 0 Å². The summed E-state index contributed by atoms with van der Waals surface area (Å²) >= 11 is 0. The summed E-state index contributed by atoms with van der Waals surface area (Å²) in [6, 6.07) is 58.2. The van der Waals surface area contributed by atoms with Crippen LogP contribution in [0.25, 0.3) is 65.7 Å². The van der Waals surface area contributed by atoms with Crippen LogP contribution in [0.1, 0.15) is 30.5 Å². The highest BCUT2D eigenvalue weighted by Gasteiger charge is 2.33. The zero-order chi connectivity index (χ0) is 34.3. The molecule has 8 aromatic carbocycles. The largest absolute Gasteiger partial charge is 0.456 e. The third-order valence-corrected chi connectivity index (χ3v) is 10.9. The molecule has 0 aliphatic heterocycles. The minimum Gasteiger partial charge on any atom is -0.456 e. The molecule has 0 saturated carbocycles. The van der Waals surface area contributed by atoms with Crippen molar-refractivity contribution in [1.82, 2.24) is 0 Å². The first-order chi connectivity index (χ1) is 25.0. The van der Waals surface area contributed by atoms with Crippen molar-refractivity contribution in [3.63, 3.8) is 0 Å². The number of rotatable bonds is 4. The number of anilines is 3. The van der Waals surface area contributed by atoms with E-state index in [1.165, 1.54) is 49.4 Å². The van der Waals surface area contributed by atoms with Gasteiger partial charge < -0.3 is 9.32 Å². The molecule has 0 amide bonds. The van der Waals surface area contributed by atoms with Crippen molar-refractivity contribution in [3.05, 3.63) is 174 Å². The molecule has 0 radical (unpaired) electrons. The third kappa shape index (κ3) is 4.43. The number of nitriles is 1. The number of hydrogen-bond acceptors (Lipinski definition) is 3. The number of nitrogens with zero attached hydrogens (tertiary/aromatic N) is 2. The molecule has 1 aromatic heterocycles. The van der Waals surface area contributed by atoms with E-state index in [0.29, 0.717) is 5.56 Å². The minimum absolute atomic E-state index is 0.132. The Balaban J connectivity index is 1.07. The number of hydrogen-bond donors (Lipinski definition) is 0. The highest BCUT2D eigenvalue weighted by Crippen LogP contribution is 2.49. The van der Waals surface area contributed by atoms with E-state index in [1.807, 2.05) is 24.3 Å². The number of fused-ring (bicyclic) bond motifs is 7. The molecule has 240 valence electrons. The second-order valence-corrected chi connectivity index (χ2v) is 14.1. The molecule has 1 aliphatic carbocycles. The van der Waals surface area contributed by atoms with Crippen LogP contribution in [-0.4, -0.2) is 0 Å². The van der Waals surface area contributed by atoms with Gasteiger partial charge in [-0.05, 0) is 116 Å². The molecule has 0 unspecified atom stereocenters. The molecule has 0 N–H and O–H groups in total. The predicted molar refractivity (Wildman–Crippen MR) is 211 cm³/mol. The summed E-state index contributed by atoms with van der Waals surface area (Å²) in [5, 5.41) is 16.8. The van der Waals surface area contributed by atoms with Crippen LogP contribution in [0.2, 0.25) is 0 Å². The zero-order valence-electron chi connectivity index (χ0n) is 28.3. The van der Waals surface area contributed by atoms with Crippen molar-refractivity contribution in [3.8, 4) is 28.3 Å². The van der Waals surface area contributed by atoms with E-state index in [4.69, 9.17) is 4.42 Å². The maximum Gasteiger partial charge on any atom is 0.137 e. The fourth-order valence-electron chi connectivity index (χ4n) is 8.32. The Bertz CT molecular complexity index is 2880. The Morgan fingerprint density at radius 2 is 1.22 bits per heavy atom. The van der Waals surface area contributed by atoms with Gasteiger partial charge in [-0.25, -0.2) is 0 Å². The molecule has 0 spiro atoms. The maximum absolute atomic E-state index is 9.52. The summed E-state index contributed by atoms with van der Waals surface area (Å²) < 4.78 is 6.47. The summed E-state index contributed by atoms with van der Waals surface area (Å²) in [6.45, 7) is 4.69. The van der Waals surface area contributed by atoms with Crippen LogP contribution in [0.3, 0.4) is 0 Å². The first kappa shape index (κ1) is 29.3. The Kier molecular flexibility index (Phi) is 6.28. The van der Waals surface area contributed by atoms with Crippen molar-refractivity contribution in [2.45, 2.75) is 19.3 Å². The van der Waals surface area contributed by atoms with Crippen molar-refractivity contribution >= 4 is 60.5 Å². The maximum atomic E-state index is 9.52. The van der Waals surface area contributed by atoms with Gasteiger partial charge in [-0.3, -0.25) is 0 Å². The molecule has 0 fully saturated rings. The van der Waals surface area contributed by atoms with Gasteiger partial charge in [0.25, 0.3) is 0 Å². The smallest absolute Gasteiger partial charge is 0.137 e. The lowest BCUT2D eigenvalue weighted by Gasteiger charge is -2.35. The highest BCUT2D eigenvalue weighted by atomic mass is 16.3. The second kappa shape index (κ2) is 10.9. The van der Waals surface area contributed by atoms with E-state index in [9.17, 15) is 5.26 Å². The van der Waals surface area contributed by atoms with Gasteiger partial charge in [-0.1, -0.05) is 105 Å². The summed E-state index contributed by atoms with van der Waals surface area (Å²) in [4.78, 5) is 2.23. The van der Waals surface area contributed by atoms with Crippen LogP contribution in [0.15, 0.2) is 162 Å². The van der Waals surface area contributed by atoms with E-state index in [0.717, 1.165) is 44.6 Å². The normalized spacial score (nSPS) is 13.0. The molecular formula is C48H32N2O. The Morgan fingerprint density at radius 3 is 2.02 bits per heavy atom. The molecule has 3 heteroatoms. The van der Waals surface area contributed by atoms with Gasteiger partial charge >= 0.3 is 0 Å². The average Bonchev–Trinajstić information content (AvgIpc) is 3.56. The standard InChI is InChI=1S/C48H32N2O/c1-48(2)42-12-6-9-33-8-5-11-40(46(33)42)39-24-17-34(27-43(39)48)31-15-21-36(22-16-31)50(35-19-13-30(29-49)14-20-35)37-23-25-41-45(28-37)51-44-26-18-32-7-3-4-10-38(32)47(41)44/h3-28H,1-2H3. The molecule has 0 saturated heterocycles.